The van der Waals surface area contributed by atoms with Gasteiger partial charge in [0, 0.05) is 19.7 Å². The van der Waals surface area contributed by atoms with Crippen LogP contribution in [0.3, 0.4) is 0 Å². The van der Waals surface area contributed by atoms with Gasteiger partial charge in [-0.05, 0) is 12.1 Å². The van der Waals surface area contributed by atoms with E-state index in [2.05, 4.69) is 9.97 Å². The van der Waals surface area contributed by atoms with E-state index in [-0.39, 0.29) is 40.9 Å². The predicted molar refractivity (Wildman–Crippen MR) is 79.0 cm³/mol. The van der Waals surface area contributed by atoms with Crippen molar-refractivity contribution in [2.24, 2.45) is 14.1 Å². The molecule has 0 aliphatic heterocycles. The second-order valence-electron chi connectivity index (χ2n) is 4.65. The summed E-state index contributed by atoms with van der Waals surface area (Å²) in [5.41, 5.74) is -0.227. The molecule has 0 spiro atoms. The average Bonchev–Trinajstić information content (AvgIpc) is 2.88. The minimum atomic E-state index is -1.36. The number of carbonyl (C=O) groups excluding carboxylic acids is 1. The number of H-pyrrole nitrogens is 1. The van der Waals surface area contributed by atoms with Crippen molar-refractivity contribution in [3.63, 3.8) is 0 Å². The van der Waals surface area contributed by atoms with Crippen molar-refractivity contribution >= 4 is 17.1 Å². The molecule has 3 aromatic rings. The Morgan fingerprint density at radius 1 is 1.25 bits per heavy atom. The summed E-state index contributed by atoms with van der Waals surface area (Å²) in [6.45, 7) is 0. The number of imidazole rings is 1. The second-order valence-corrected chi connectivity index (χ2v) is 4.65. The number of aromatic carboxylic acids is 1. The monoisotopic (exact) mass is 340 g/mol. The molecule has 0 saturated carbocycles. The summed E-state index contributed by atoms with van der Waals surface area (Å²) >= 11 is 0. The summed E-state index contributed by atoms with van der Waals surface area (Å²) in [5.74, 6) is -1.62. The van der Waals surface area contributed by atoms with Crippen LogP contribution in [0.25, 0.3) is 11.2 Å². The van der Waals surface area contributed by atoms with Gasteiger partial charge in [0.15, 0.2) is 11.2 Å². The third-order valence-electron chi connectivity index (χ3n) is 3.10. The van der Waals surface area contributed by atoms with Crippen molar-refractivity contribution in [3.05, 3.63) is 57.0 Å². The molecule has 0 atom stereocenters. The normalized spacial score (nSPS) is 9.75. The maximum absolute atomic E-state index is 11.3. The fraction of sp³-hybridized carbons (Fsp3) is 0.143. The Morgan fingerprint density at radius 3 is 2.42 bits per heavy atom. The van der Waals surface area contributed by atoms with E-state index in [9.17, 15) is 19.5 Å². The van der Waals surface area contributed by atoms with E-state index in [1.54, 1.807) is 24.7 Å². The number of nitrogens with one attached hydrogen (secondary N) is 1. The zero-order valence-electron chi connectivity index (χ0n) is 13.3. The number of hydrogen-bond acceptors (Lipinski definition) is 6. The molecule has 120 valence electrons. The molecule has 0 unspecified atom stereocenters. The van der Waals surface area contributed by atoms with Gasteiger partial charge < -0.3 is 19.6 Å². The van der Waals surface area contributed by atoms with Crippen LogP contribution in [-0.2, 0) is 14.1 Å². The number of carboxylic acid groups (broad SMARTS) is 1. The van der Waals surface area contributed by atoms with E-state index in [4.69, 9.17) is 5.11 Å². The van der Waals surface area contributed by atoms with E-state index in [1.807, 2.05) is 0 Å². The molecule has 1 aromatic carbocycles. The maximum Gasteiger partial charge on any atom is 1.00 e. The van der Waals surface area contributed by atoms with Gasteiger partial charge in [0.1, 0.15) is 5.75 Å². The van der Waals surface area contributed by atoms with Crippen LogP contribution in [0.5, 0.6) is 5.75 Å². The Labute approximate surface area is 157 Å². The first-order valence-corrected chi connectivity index (χ1v) is 6.42. The van der Waals surface area contributed by atoms with Crippen molar-refractivity contribution in [1.29, 1.82) is 0 Å². The fourth-order valence-electron chi connectivity index (χ4n) is 1.91. The van der Waals surface area contributed by atoms with E-state index in [0.29, 0.717) is 11.2 Å². The zero-order valence-corrected chi connectivity index (χ0v) is 15.3. The number of carboxylic acids is 1. The van der Waals surface area contributed by atoms with Gasteiger partial charge in [-0.15, -0.1) is 0 Å². The smallest absolute Gasteiger partial charge is 0.545 e. The van der Waals surface area contributed by atoms with Crippen LogP contribution in [0, 0.1) is 0 Å². The van der Waals surface area contributed by atoms with Crippen LogP contribution in [-0.4, -0.2) is 30.2 Å². The van der Waals surface area contributed by atoms with Gasteiger partial charge in [0.05, 0.1) is 12.3 Å². The van der Waals surface area contributed by atoms with Crippen LogP contribution in [0.15, 0.2) is 40.2 Å². The van der Waals surface area contributed by atoms with Gasteiger partial charge in [-0.3, -0.25) is 14.3 Å². The zero-order chi connectivity index (χ0) is 17.1. The van der Waals surface area contributed by atoms with Gasteiger partial charge >= 0.3 is 35.2 Å². The van der Waals surface area contributed by atoms with Crippen LogP contribution in [0.2, 0.25) is 0 Å². The number of aromatic hydroxyl groups is 1. The van der Waals surface area contributed by atoms with E-state index in [1.165, 1.54) is 29.1 Å². The van der Waals surface area contributed by atoms with Gasteiger partial charge in [0.2, 0.25) is 0 Å². The summed E-state index contributed by atoms with van der Waals surface area (Å²) < 4.78 is 2.88. The van der Waals surface area contributed by atoms with E-state index in [0.717, 1.165) is 0 Å². The first-order chi connectivity index (χ1) is 10.8. The number of aromatic nitrogens is 4. The maximum atomic E-state index is 11.3. The average molecular weight is 340 g/mol. The molecule has 0 aliphatic carbocycles. The SMILES string of the molecule is Cn1cnc2c1c(=O)[nH]c(=O)n2C.O=C([O-])c1ccccc1O.[Na+]. The molecule has 0 bridgehead atoms. The largest absolute Gasteiger partial charge is 1.00 e. The fourth-order valence-corrected chi connectivity index (χ4v) is 1.91. The Morgan fingerprint density at radius 2 is 1.88 bits per heavy atom. The molecule has 9 nitrogen and oxygen atoms in total. The third kappa shape index (κ3) is 3.94. The number of benzene rings is 1. The van der Waals surface area contributed by atoms with Gasteiger partial charge in [-0.1, -0.05) is 12.1 Å². The molecule has 0 aliphatic rings. The number of fused-ring (bicyclic) bond motifs is 1. The standard InChI is InChI=1S/C7H8N4O2.C7H6O3.Na/c1-10-3-8-5-4(10)6(12)9-7(13)11(5)2;8-6-4-2-1-3-5(6)7(9)10;/h3H,1-2H3,(H,9,12,13);1-4,8H,(H,9,10);/q;;+1/p-1. The topological polar surface area (TPSA) is 133 Å². The molecule has 2 N–H and O–H groups in total. The number of rotatable bonds is 1. The molecule has 2 heterocycles. The van der Waals surface area contributed by atoms with Gasteiger partial charge in [-0.25, -0.2) is 9.78 Å². The quantitative estimate of drug-likeness (QED) is 0.431. The minimum Gasteiger partial charge on any atom is -0.545 e. The summed E-state index contributed by atoms with van der Waals surface area (Å²) in [4.78, 5) is 38.7. The van der Waals surface area contributed by atoms with Crippen molar-refractivity contribution in [2.75, 3.05) is 0 Å². The molecule has 0 radical (unpaired) electrons. The number of phenols is 1. The second kappa shape index (κ2) is 7.95. The number of carbonyl (C=O) groups is 1. The summed E-state index contributed by atoms with van der Waals surface area (Å²) in [5, 5.41) is 19.0. The van der Waals surface area contributed by atoms with E-state index >= 15 is 0 Å². The number of aryl methyl sites for hydroxylation is 2. The Balaban J connectivity index is 0.000000238. The predicted octanol–water partition coefficient (Wildman–Crippen LogP) is -4.28. The number of para-hydroxylation sites is 1. The van der Waals surface area contributed by atoms with Crippen LogP contribution >= 0.6 is 0 Å². The van der Waals surface area contributed by atoms with E-state index < -0.39 is 17.2 Å². The van der Waals surface area contributed by atoms with Crippen LogP contribution < -0.4 is 45.9 Å². The third-order valence-corrected chi connectivity index (χ3v) is 3.10. The molecule has 0 saturated heterocycles. The van der Waals surface area contributed by atoms with Crippen molar-refractivity contribution < 1.29 is 44.6 Å². The van der Waals surface area contributed by atoms with Crippen LogP contribution in [0.1, 0.15) is 10.4 Å². The molecule has 2 aromatic heterocycles. The van der Waals surface area contributed by atoms with Crippen molar-refractivity contribution in [3.8, 4) is 5.75 Å². The van der Waals surface area contributed by atoms with Gasteiger partial charge in [0.25, 0.3) is 5.56 Å². The number of nitrogens with zero attached hydrogens (tertiary/aromatic N) is 3. The minimum absolute atomic E-state index is 0. The molecular weight excluding hydrogens is 327 g/mol. The van der Waals surface area contributed by atoms with Gasteiger partial charge in [-0.2, -0.15) is 0 Å². The molecule has 10 heteroatoms. The summed E-state index contributed by atoms with van der Waals surface area (Å²) in [6, 6.07) is 5.64. The Kier molecular flexibility index (Phi) is 6.52. The van der Waals surface area contributed by atoms with Crippen molar-refractivity contribution in [2.45, 2.75) is 0 Å². The summed E-state index contributed by atoms with van der Waals surface area (Å²) in [7, 11) is 3.27. The number of aromatic amines is 1. The summed E-state index contributed by atoms with van der Waals surface area (Å²) in [6.07, 6.45) is 1.50. The molecule has 0 amide bonds. The molecule has 24 heavy (non-hydrogen) atoms. The van der Waals surface area contributed by atoms with Crippen molar-refractivity contribution in [1.82, 2.24) is 19.1 Å². The first kappa shape index (κ1) is 19.7. The molecular formula is C14H13N4NaO5. The molecule has 0 fully saturated rings. The van der Waals surface area contributed by atoms with Crippen LogP contribution in [0.4, 0.5) is 0 Å². The number of hydrogen-bond donors (Lipinski definition) is 2. The first-order valence-electron chi connectivity index (χ1n) is 6.42. The molecule has 3 rings (SSSR count). The Hall–Kier alpha value is -2.36. The Bertz CT molecular complexity index is 989.